The molecule has 0 radical (unpaired) electrons. The van der Waals surface area contributed by atoms with Crippen LogP contribution in [0, 0.1) is 11.3 Å². The molecule has 2 aromatic rings. The maximum Gasteiger partial charge on any atom is 0.312 e. The third kappa shape index (κ3) is 3.34. The third-order valence-corrected chi connectivity index (χ3v) is 6.13. The standard InChI is InChI=1S/C21H27N3O4/c1-27-9-8-23-10-16-11-24(14-21(16,13-23)20(25)26)12-17-7-6-15-4-3-5-18(28-2)19(15)22-17/h3-7,16H,8-14H2,1-2H3,(H,25,26)/t16-,21-/m1/s1. The van der Waals surface area contributed by atoms with Gasteiger partial charge in [0.25, 0.3) is 0 Å². The molecule has 3 heterocycles. The van der Waals surface area contributed by atoms with E-state index in [1.54, 1.807) is 14.2 Å². The lowest BCUT2D eigenvalue weighted by molar-refractivity contribution is -0.149. The lowest BCUT2D eigenvalue weighted by atomic mass is 9.81. The van der Waals surface area contributed by atoms with Crippen LogP contribution < -0.4 is 4.74 Å². The first-order valence-corrected chi connectivity index (χ1v) is 9.65. The summed E-state index contributed by atoms with van der Waals surface area (Å²) in [6.45, 7) is 4.81. The number of aliphatic carboxylic acids is 1. The minimum atomic E-state index is -0.692. The van der Waals surface area contributed by atoms with Crippen molar-refractivity contribution in [2.45, 2.75) is 6.54 Å². The summed E-state index contributed by atoms with van der Waals surface area (Å²) in [7, 11) is 3.33. The number of nitrogens with zero attached hydrogens (tertiary/aromatic N) is 3. The number of carbonyl (C=O) groups is 1. The monoisotopic (exact) mass is 385 g/mol. The van der Waals surface area contributed by atoms with Crippen LogP contribution in [0.5, 0.6) is 5.75 Å². The predicted molar refractivity (Wildman–Crippen MR) is 105 cm³/mol. The molecule has 1 aromatic heterocycles. The van der Waals surface area contributed by atoms with E-state index in [2.05, 4.69) is 15.9 Å². The van der Waals surface area contributed by atoms with Gasteiger partial charge in [0.15, 0.2) is 0 Å². The Hall–Kier alpha value is -2.22. The fourth-order valence-corrected chi connectivity index (χ4v) is 4.73. The van der Waals surface area contributed by atoms with Crippen molar-refractivity contribution < 1.29 is 19.4 Å². The molecule has 2 aliphatic rings. The smallest absolute Gasteiger partial charge is 0.312 e. The van der Waals surface area contributed by atoms with Gasteiger partial charge in [-0.2, -0.15) is 0 Å². The van der Waals surface area contributed by atoms with Gasteiger partial charge in [-0.25, -0.2) is 4.98 Å². The quantitative estimate of drug-likeness (QED) is 0.778. The van der Waals surface area contributed by atoms with Crippen molar-refractivity contribution in [2.24, 2.45) is 11.3 Å². The van der Waals surface area contributed by atoms with Crippen molar-refractivity contribution in [3.05, 3.63) is 36.0 Å². The highest BCUT2D eigenvalue weighted by Gasteiger charge is 2.57. The number of carboxylic acid groups (broad SMARTS) is 1. The Bertz CT molecular complexity index is 874. The molecule has 7 heteroatoms. The number of likely N-dealkylation sites (tertiary alicyclic amines) is 2. The van der Waals surface area contributed by atoms with E-state index in [-0.39, 0.29) is 5.92 Å². The Balaban J connectivity index is 1.50. The molecule has 1 N–H and O–H groups in total. The molecule has 0 bridgehead atoms. The SMILES string of the molecule is COCCN1C[C@@H]2CN(Cc3ccc4cccc(OC)c4n3)C[C@]2(C(=O)O)C1. The van der Waals surface area contributed by atoms with Crippen LogP contribution in [0.25, 0.3) is 10.9 Å². The van der Waals surface area contributed by atoms with Crippen LogP contribution in [0.4, 0.5) is 0 Å². The zero-order valence-electron chi connectivity index (χ0n) is 16.4. The van der Waals surface area contributed by atoms with E-state index in [0.717, 1.165) is 42.0 Å². The predicted octanol–water partition coefficient (Wildman–Crippen LogP) is 1.71. The minimum absolute atomic E-state index is 0.136. The first kappa shape index (κ1) is 19.1. The lowest BCUT2D eigenvalue weighted by Crippen LogP contribution is -2.41. The number of fused-ring (bicyclic) bond motifs is 2. The van der Waals surface area contributed by atoms with Crippen LogP contribution in [0.1, 0.15) is 5.69 Å². The van der Waals surface area contributed by atoms with Gasteiger partial charge in [-0.3, -0.25) is 14.6 Å². The molecule has 0 spiro atoms. The van der Waals surface area contributed by atoms with E-state index in [4.69, 9.17) is 14.5 Å². The summed E-state index contributed by atoms with van der Waals surface area (Å²) in [6.07, 6.45) is 0. The van der Waals surface area contributed by atoms with E-state index in [0.29, 0.717) is 26.2 Å². The highest BCUT2D eigenvalue weighted by molar-refractivity contribution is 5.84. The van der Waals surface area contributed by atoms with Gasteiger partial charge in [-0.05, 0) is 12.1 Å². The van der Waals surface area contributed by atoms with Crippen molar-refractivity contribution in [1.82, 2.24) is 14.8 Å². The zero-order valence-corrected chi connectivity index (χ0v) is 16.4. The number of aromatic nitrogens is 1. The van der Waals surface area contributed by atoms with Gasteiger partial charge in [0.1, 0.15) is 11.3 Å². The molecular weight excluding hydrogens is 358 g/mol. The number of benzene rings is 1. The summed E-state index contributed by atoms with van der Waals surface area (Å²) in [4.78, 5) is 21.4. The Kier molecular flexibility index (Phi) is 5.23. The van der Waals surface area contributed by atoms with E-state index in [9.17, 15) is 9.90 Å². The largest absolute Gasteiger partial charge is 0.494 e. The van der Waals surface area contributed by atoms with Gasteiger partial charge in [-0.15, -0.1) is 0 Å². The summed E-state index contributed by atoms with van der Waals surface area (Å²) in [6, 6.07) is 9.96. The molecule has 0 amide bonds. The van der Waals surface area contributed by atoms with Gasteiger partial charge >= 0.3 is 5.97 Å². The number of rotatable bonds is 7. The molecule has 2 aliphatic heterocycles. The first-order valence-electron chi connectivity index (χ1n) is 9.65. The molecule has 0 unspecified atom stereocenters. The van der Waals surface area contributed by atoms with E-state index >= 15 is 0 Å². The second-order valence-corrected chi connectivity index (χ2v) is 7.89. The second-order valence-electron chi connectivity index (χ2n) is 7.89. The molecule has 2 fully saturated rings. The van der Waals surface area contributed by atoms with E-state index < -0.39 is 11.4 Å². The zero-order chi connectivity index (χ0) is 19.7. The van der Waals surface area contributed by atoms with Crippen LogP contribution >= 0.6 is 0 Å². The van der Waals surface area contributed by atoms with Crippen molar-refractivity contribution >= 4 is 16.9 Å². The number of hydrogen-bond acceptors (Lipinski definition) is 6. The molecule has 28 heavy (non-hydrogen) atoms. The average Bonchev–Trinajstić information content (AvgIpc) is 3.20. The molecule has 4 rings (SSSR count). The lowest BCUT2D eigenvalue weighted by Gasteiger charge is -2.25. The fourth-order valence-electron chi connectivity index (χ4n) is 4.73. The normalized spacial score (nSPS) is 25.3. The van der Waals surface area contributed by atoms with E-state index in [1.807, 2.05) is 24.3 Å². The number of hydrogen-bond donors (Lipinski definition) is 1. The van der Waals surface area contributed by atoms with Crippen LogP contribution in [0.3, 0.4) is 0 Å². The Labute approximate surface area is 164 Å². The van der Waals surface area contributed by atoms with E-state index in [1.165, 1.54) is 0 Å². The second kappa shape index (κ2) is 7.66. The van der Waals surface area contributed by atoms with Crippen LogP contribution in [0.2, 0.25) is 0 Å². The van der Waals surface area contributed by atoms with Crippen LogP contribution in [-0.2, 0) is 16.1 Å². The van der Waals surface area contributed by atoms with Crippen molar-refractivity contribution in [3.8, 4) is 5.75 Å². The van der Waals surface area contributed by atoms with Gasteiger partial charge in [0, 0.05) is 57.7 Å². The highest BCUT2D eigenvalue weighted by atomic mass is 16.5. The topological polar surface area (TPSA) is 75.1 Å². The number of ether oxygens (including phenoxy) is 2. The Morgan fingerprint density at radius 2 is 2.00 bits per heavy atom. The molecule has 2 saturated heterocycles. The molecule has 0 saturated carbocycles. The summed E-state index contributed by atoms with van der Waals surface area (Å²) >= 11 is 0. The summed E-state index contributed by atoms with van der Waals surface area (Å²) in [5.41, 5.74) is 1.09. The van der Waals surface area contributed by atoms with Gasteiger partial charge in [-0.1, -0.05) is 18.2 Å². The molecule has 1 aromatic carbocycles. The number of pyridine rings is 1. The third-order valence-electron chi connectivity index (χ3n) is 6.13. The minimum Gasteiger partial charge on any atom is -0.494 e. The van der Waals surface area contributed by atoms with Gasteiger partial charge < -0.3 is 14.6 Å². The van der Waals surface area contributed by atoms with Crippen LogP contribution in [-0.4, -0.2) is 79.4 Å². The van der Waals surface area contributed by atoms with Crippen molar-refractivity contribution in [2.75, 3.05) is 53.6 Å². The summed E-state index contributed by atoms with van der Waals surface area (Å²) in [5.74, 6) is 0.207. The molecule has 0 aliphatic carbocycles. The summed E-state index contributed by atoms with van der Waals surface area (Å²) in [5, 5.41) is 11.0. The van der Waals surface area contributed by atoms with Crippen molar-refractivity contribution in [1.29, 1.82) is 0 Å². The molecule has 7 nitrogen and oxygen atoms in total. The molecule has 150 valence electrons. The number of methoxy groups -OCH3 is 2. The molecule has 2 atom stereocenters. The van der Waals surface area contributed by atoms with Gasteiger partial charge in [0.2, 0.25) is 0 Å². The Morgan fingerprint density at radius 3 is 2.71 bits per heavy atom. The fraction of sp³-hybridized carbons (Fsp3) is 0.524. The summed E-state index contributed by atoms with van der Waals surface area (Å²) < 4.78 is 10.6. The maximum atomic E-state index is 12.2. The average molecular weight is 385 g/mol. The van der Waals surface area contributed by atoms with Crippen LogP contribution in [0.15, 0.2) is 30.3 Å². The number of para-hydroxylation sites is 1. The van der Waals surface area contributed by atoms with Crippen molar-refractivity contribution in [3.63, 3.8) is 0 Å². The maximum absolute atomic E-state index is 12.2. The van der Waals surface area contributed by atoms with Gasteiger partial charge in [0.05, 0.1) is 24.8 Å². The Morgan fingerprint density at radius 1 is 1.21 bits per heavy atom. The number of carboxylic acids is 1. The first-order chi connectivity index (χ1) is 13.6. The molecular formula is C21H27N3O4. The highest BCUT2D eigenvalue weighted by Crippen LogP contribution is 2.43.